The Morgan fingerprint density at radius 2 is 1.47 bits per heavy atom. The van der Waals surface area contributed by atoms with E-state index in [9.17, 15) is 34.2 Å². The second-order valence-corrected chi connectivity index (χ2v) is 10.9. The van der Waals surface area contributed by atoms with Crippen molar-refractivity contribution < 1.29 is 72.1 Å². The summed E-state index contributed by atoms with van der Waals surface area (Å²) in [4.78, 5) is 60.2. The first-order valence-corrected chi connectivity index (χ1v) is 15.3. The predicted molar refractivity (Wildman–Crippen MR) is 158 cm³/mol. The molecule has 2 saturated heterocycles. The van der Waals surface area contributed by atoms with Gasteiger partial charge < -0.3 is 59.2 Å². The zero-order valence-electron chi connectivity index (χ0n) is 27.2. The first-order valence-electron chi connectivity index (χ1n) is 15.3. The molecule has 0 aromatic carbocycles. The van der Waals surface area contributed by atoms with Crippen molar-refractivity contribution in [3.63, 3.8) is 0 Å². The minimum absolute atomic E-state index is 0.198. The van der Waals surface area contributed by atoms with Crippen LogP contribution >= 0.6 is 0 Å². The summed E-state index contributed by atoms with van der Waals surface area (Å²) in [5, 5.41) is 23.4. The van der Waals surface area contributed by atoms with Gasteiger partial charge in [-0.3, -0.25) is 19.2 Å². The highest BCUT2D eigenvalue weighted by molar-refractivity contribution is 5.73. The Kier molecular flexibility index (Phi) is 16.8. The third kappa shape index (κ3) is 12.9. The third-order valence-corrected chi connectivity index (χ3v) is 7.01. The quantitative estimate of drug-likeness (QED) is 0.0745. The van der Waals surface area contributed by atoms with Gasteiger partial charge in [-0.25, -0.2) is 4.79 Å². The molecule has 10 atom stereocenters. The van der Waals surface area contributed by atoms with Gasteiger partial charge in [0.05, 0.1) is 6.61 Å². The lowest BCUT2D eigenvalue weighted by Crippen LogP contribution is -2.69. The number of aliphatic hydroxyl groups is 2. The number of ether oxygens (including phenoxy) is 8. The van der Waals surface area contributed by atoms with E-state index < -0.39 is 104 Å². The number of nitrogens with two attached hydrogens (primary N) is 1. The van der Waals surface area contributed by atoms with Crippen LogP contribution in [0.15, 0.2) is 0 Å². The van der Waals surface area contributed by atoms with E-state index in [1.165, 1.54) is 0 Å². The molecule has 47 heavy (non-hydrogen) atoms. The molecule has 0 aromatic rings. The van der Waals surface area contributed by atoms with Gasteiger partial charge in [0.2, 0.25) is 5.91 Å². The average Bonchev–Trinajstić information content (AvgIpc) is 2.98. The van der Waals surface area contributed by atoms with Crippen LogP contribution in [0.4, 0.5) is 4.79 Å². The molecule has 2 aliphatic rings. The number of primary amides is 1. The van der Waals surface area contributed by atoms with E-state index in [-0.39, 0.29) is 6.61 Å². The van der Waals surface area contributed by atoms with Crippen molar-refractivity contribution in [2.45, 2.75) is 128 Å². The third-order valence-electron chi connectivity index (χ3n) is 7.01. The largest absolute Gasteiger partial charge is 0.463 e. The molecule has 0 aliphatic carbocycles. The zero-order valence-corrected chi connectivity index (χ0v) is 27.2. The molecule has 17 nitrogen and oxygen atoms in total. The van der Waals surface area contributed by atoms with Gasteiger partial charge in [-0.05, 0) is 6.42 Å². The fourth-order valence-corrected chi connectivity index (χ4v) is 5.05. The summed E-state index contributed by atoms with van der Waals surface area (Å²) in [6.45, 7) is 5.11. The average molecular weight is 675 g/mol. The van der Waals surface area contributed by atoms with Crippen LogP contribution in [0.1, 0.15) is 66.7 Å². The van der Waals surface area contributed by atoms with E-state index in [0.29, 0.717) is 6.42 Å². The van der Waals surface area contributed by atoms with Gasteiger partial charge in [-0.2, -0.15) is 0 Å². The molecule has 2 rings (SSSR count). The number of carbonyl (C=O) groups excluding carboxylic acids is 5. The van der Waals surface area contributed by atoms with E-state index >= 15 is 0 Å². The summed E-state index contributed by atoms with van der Waals surface area (Å²) in [5.74, 6) is 2.83. The second-order valence-electron chi connectivity index (χ2n) is 10.9. The van der Waals surface area contributed by atoms with Crippen LogP contribution in [0.5, 0.6) is 0 Å². The molecule has 2 amide bonds. The van der Waals surface area contributed by atoms with E-state index in [1.807, 2.05) is 0 Å². The van der Waals surface area contributed by atoms with E-state index in [4.69, 9.17) is 43.6 Å². The van der Waals surface area contributed by atoms with Crippen molar-refractivity contribution in [2.24, 2.45) is 5.73 Å². The summed E-state index contributed by atoms with van der Waals surface area (Å²) >= 11 is 0. The van der Waals surface area contributed by atoms with Crippen LogP contribution in [-0.2, 0) is 57.1 Å². The van der Waals surface area contributed by atoms with Crippen molar-refractivity contribution in [1.29, 1.82) is 0 Å². The Bertz CT molecular complexity index is 1120. The van der Waals surface area contributed by atoms with Crippen LogP contribution in [0.3, 0.4) is 0 Å². The van der Waals surface area contributed by atoms with Gasteiger partial charge in [0, 0.05) is 34.1 Å². The molecular formula is C30H46N2O15. The maximum Gasteiger partial charge on any atom is 0.404 e. The Morgan fingerprint density at radius 1 is 0.809 bits per heavy atom. The fraction of sp³-hybridized carbons (Fsp3) is 0.767. The molecule has 266 valence electrons. The van der Waals surface area contributed by atoms with Crippen LogP contribution < -0.4 is 11.1 Å². The second kappa shape index (κ2) is 20.0. The van der Waals surface area contributed by atoms with Gasteiger partial charge >= 0.3 is 24.0 Å². The van der Waals surface area contributed by atoms with Gasteiger partial charge in [0.25, 0.3) is 0 Å². The summed E-state index contributed by atoms with van der Waals surface area (Å²) in [6.07, 6.45) is -10.1. The highest BCUT2D eigenvalue weighted by Crippen LogP contribution is 2.33. The molecule has 2 fully saturated rings. The molecule has 0 saturated carbocycles. The molecule has 0 bridgehead atoms. The molecule has 17 heteroatoms. The molecule has 0 spiro atoms. The predicted octanol–water partition coefficient (Wildman–Crippen LogP) is -0.440. The summed E-state index contributed by atoms with van der Waals surface area (Å²) in [5.41, 5.74) is 5.29. The van der Waals surface area contributed by atoms with Crippen molar-refractivity contribution >= 4 is 29.9 Å². The number of rotatable bonds is 15. The SMILES string of the molecule is CCCCCCC#CCO[C@@H]1O[C@H](CO)[C@@H](O)[C@H](OC(N)=O)[C@H]1O[C@@H]1O[C@H](COC(C)=O)[C@@H](OC(C)=O)[C@H](OC(C)=O)[C@H]1NC(C)=O. The number of unbranched alkanes of at least 4 members (excludes halogenated alkanes) is 4. The van der Waals surface area contributed by atoms with E-state index in [0.717, 1.165) is 53.4 Å². The smallest absolute Gasteiger partial charge is 0.404 e. The standard InChI is InChI=1S/C30H46N2O15/c1-6-7-8-9-10-11-12-13-40-29-27(26(47-30(31)39)23(38)20(14-33)44-29)46-28-22(32-16(2)34)25(43-19(5)37)24(42-18(4)36)21(45-28)15-41-17(3)35/h20-29,33,38H,6-10,13-15H2,1-5H3,(H2,31,39)(H,32,34)/t20-,21-,22-,23-,24-,25-,26+,27-,28+,29-/m1/s1. The number of hydrogen-bond acceptors (Lipinski definition) is 15. The van der Waals surface area contributed by atoms with Gasteiger partial charge in [-0.1, -0.05) is 32.1 Å². The van der Waals surface area contributed by atoms with Crippen molar-refractivity contribution in [1.82, 2.24) is 5.32 Å². The normalized spacial score (nSPS) is 30.2. The first-order chi connectivity index (χ1) is 22.3. The number of carbonyl (C=O) groups is 5. The van der Waals surface area contributed by atoms with E-state index in [2.05, 4.69) is 24.1 Å². The summed E-state index contributed by atoms with van der Waals surface area (Å²) in [6, 6.07) is -1.40. The van der Waals surface area contributed by atoms with Gasteiger partial charge in [0.1, 0.15) is 37.6 Å². The van der Waals surface area contributed by atoms with Crippen molar-refractivity contribution in [3.05, 3.63) is 0 Å². The Labute approximate surface area is 273 Å². The lowest BCUT2D eigenvalue weighted by atomic mass is 9.95. The number of aliphatic hydroxyl groups excluding tert-OH is 2. The minimum atomic E-state index is -1.69. The summed E-state index contributed by atoms with van der Waals surface area (Å²) in [7, 11) is 0. The van der Waals surface area contributed by atoms with Gasteiger partial charge in [0.15, 0.2) is 37.0 Å². The lowest BCUT2D eigenvalue weighted by Gasteiger charge is -2.48. The zero-order chi connectivity index (χ0) is 35.1. The van der Waals surface area contributed by atoms with Crippen LogP contribution in [0.2, 0.25) is 0 Å². The topological polar surface area (TPSA) is 238 Å². The minimum Gasteiger partial charge on any atom is -0.463 e. The molecule has 5 N–H and O–H groups in total. The highest BCUT2D eigenvalue weighted by atomic mass is 16.8. The Hall–Kier alpha value is -3.53. The number of amides is 2. The van der Waals surface area contributed by atoms with Crippen LogP contribution in [-0.4, -0.2) is 121 Å². The first kappa shape index (κ1) is 39.6. The molecule has 0 aromatic heterocycles. The number of nitrogens with one attached hydrogen (secondary N) is 1. The monoisotopic (exact) mass is 674 g/mol. The molecule has 2 heterocycles. The van der Waals surface area contributed by atoms with Crippen LogP contribution in [0, 0.1) is 11.8 Å². The Balaban J connectivity index is 2.52. The maximum atomic E-state index is 12.3. The fourth-order valence-electron chi connectivity index (χ4n) is 5.05. The van der Waals surface area contributed by atoms with Crippen molar-refractivity contribution in [3.8, 4) is 11.8 Å². The number of hydrogen-bond donors (Lipinski definition) is 4. The lowest BCUT2D eigenvalue weighted by molar-refractivity contribution is -0.353. The maximum absolute atomic E-state index is 12.3. The number of esters is 3. The molecule has 0 unspecified atom stereocenters. The van der Waals surface area contributed by atoms with Crippen molar-refractivity contribution in [2.75, 3.05) is 19.8 Å². The molecule has 2 aliphatic heterocycles. The molecule has 0 radical (unpaired) electrons. The summed E-state index contributed by atoms with van der Waals surface area (Å²) < 4.78 is 44.9. The highest BCUT2D eigenvalue weighted by Gasteiger charge is 2.55. The van der Waals surface area contributed by atoms with E-state index in [1.54, 1.807) is 0 Å². The van der Waals surface area contributed by atoms with Gasteiger partial charge in [-0.15, -0.1) is 5.92 Å². The molecular weight excluding hydrogens is 628 g/mol. The van der Waals surface area contributed by atoms with Crippen LogP contribution in [0.25, 0.3) is 0 Å². The Morgan fingerprint density at radius 3 is 2.04 bits per heavy atom.